The molecular formula is C30H30Si2. The lowest BCUT2D eigenvalue weighted by Crippen LogP contribution is -2.16. The molecule has 0 saturated carbocycles. The van der Waals surface area contributed by atoms with Crippen molar-refractivity contribution in [2.45, 2.75) is 39.3 Å². The van der Waals surface area contributed by atoms with Crippen molar-refractivity contribution in [3.63, 3.8) is 0 Å². The molecular weight excluding hydrogens is 417 g/mol. The number of fused-ring (bicyclic) bond motifs is 2. The molecule has 4 rings (SSSR count). The monoisotopic (exact) mass is 446 g/mol. The van der Waals surface area contributed by atoms with Crippen LogP contribution in [-0.4, -0.2) is 16.1 Å². The third-order valence-corrected chi connectivity index (χ3v) is 7.00. The lowest BCUT2D eigenvalue weighted by atomic mass is 9.87. The van der Waals surface area contributed by atoms with Crippen molar-refractivity contribution in [3.8, 4) is 34.1 Å². The van der Waals surface area contributed by atoms with Crippen LogP contribution in [0, 0.1) is 22.9 Å². The van der Waals surface area contributed by atoms with Crippen LogP contribution in [0.2, 0.25) is 39.3 Å². The maximum atomic E-state index is 3.60. The molecule has 0 bridgehead atoms. The smallest absolute Gasteiger partial charge is 0.127 e. The van der Waals surface area contributed by atoms with E-state index in [1.54, 1.807) is 0 Å². The fourth-order valence-corrected chi connectivity index (χ4v) is 4.82. The summed E-state index contributed by atoms with van der Waals surface area (Å²) in [6.45, 7) is 13.8. The minimum atomic E-state index is -1.52. The highest BCUT2D eigenvalue weighted by molar-refractivity contribution is 6.84. The van der Waals surface area contributed by atoms with Gasteiger partial charge in [-0.1, -0.05) is 112 Å². The zero-order valence-electron chi connectivity index (χ0n) is 19.9. The van der Waals surface area contributed by atoms with Gasteiger partial charge in [0.05, 0.1) is 0 Å². The van der Waals surface area contributed by atoms with Gasteiger partial charge in [0.1, 0.15) is 16.1 Å². The summed E-state index contributed by atoms with van der Waals surface area (Å²) in [5.74, 6) is 7.16. The van der Waals surface area contributed by atoms with Crippen LogP contribution in [0.3, 0.4) is 0 Å². The first-order chi connectivity index (χ1) is 15.1. The van der Waals surface area contributed by atoms with Gasteiger partial charge >= 0.3 is 0 Å². The summed E-state index contributed by atoms with van der Waals surface area (Å²) in [7, 11) is -3.04. The van der Waals surface area contributed by atoms with Gasteiger partial charge in [-0.2, -0.15) is 0 Å². The van der Waals surface area contributed by atoms with Gasteiger partial charge in [-0.05, 0) is 33.7 Å². The SMILES string of the molecule is C[Si](C)(C)C#Cc1ccc2ccccc2c1-c1c(C#C[Si](C)(C)C)ccc2ccccc12. The van der Waals surface area contributed by atoms with Gasteiger partial charge in [0.2, 0.25) is 0 Å². The maximum Gasteiger partial charge on any atom is 0.129 e. The molecule has 0 fully saturated rings. The number of benzene rings is 4. The lowest BCUT2D eigenvalue weighted by Gasteiger charge is -2.16. The highest BCUT2D eigenvalue weighted by atomic mass is 28.3. The second-order valence-electron chi connectivity index (χ2n) is 10.4. The van der Waals surface area contributed by atoms with E-state index in [1.807, 2.05) is 0 Å². The Hall–Kier alpha value is -3.05. The molecule has 0 nitrogen and oxygen atoms in total. The summed E-state index contributed by atoms with van der Waals surface area (Å²) in [4.78, 5) is 0. The number of hydrogen-bond acceptors (Lipinski definition) is 0. The third-order valence-electron chi connectivity index (χ3n) is 5.25. The van der Waals surface area contributed by atoms with Crippen molar-refractivity contribution in [3.05, 3.63) is 83.9 Å². The zero-order chi connectivity index (χ0) is 22.9. The van der Waals surface area contributed by atoms with Crippen molar-refractivity contribution in [2.75, 3.05) is 0 Å². The van der Waals surface area contributed by atoms with Gasteiger partial charge in [-0.3, -0.25) is 0 Å². The fourth-order valence-electron chi connectivity index (χ4n) is 3.80. The summed E-state index contributed by atoms with van der Waals surface area (Å²) >= 11 is 0. The van der Waals surface area contributed by atoms with Crippen LogP contribution in [0.5, 0.6) is 0 Å². The zero-order valence-corrected chi connectivity index (χ0v) is 21.9. The van der Waals surface area contributed by atoms with E-state index in [2.05, 4.69) is 135 Å². The van der Waals surface area contributed by atoms with Crippen molar-refractivity contribution >= 4 is 37.7 Å². The number of hydrogen-bond donors (Lipinski definition) is 0. The molecule has 32 heavy (non-hydrogen) atoms. The average molecular weight is 447 g/mol. The Kier molecular flexibility index (Phi) is 5.87. The molecule has 0 saturated heterocycles. The molecule has 0 amide bonds. The third kappa shape index (κ3) is 4.89. The fraction of sp³-hybridized carbons (Fsp3) is 0.200. The van der Waals surface area contributed by atoms with Gasteiger partial charge in [-0.15, -0.1) is 11.1 Å². The lowest BCUT2D eigenvalue weighted by molar-refractivity contribution is 1.62. The standard InChI is InChI=1S/C30H30Si2/c1-31(2,3)21-19-25-17-15-23-11-7-9-13-27(23)29(25)30-26(20-22-32(4,5)6)18-16-24-12-8-10-14-28(24)30/h7-18H,1-6H3. The highest BCUT2D eigenvalue weighted by Gasteiger charge is 2.17. The molecule has 0 heterocycles. The second kappa shape index (κ2) is 8.47. The van der Waals surface area contributed by atoms with Crippen LogP contribution in [0.15, 0.2) is 72.8 Å². The molecule has 4 aromatic carbocycles. The van der Waals surface area contributed by atoms with Gasteiger partial charge in [0.15, 0.2) is 0 Å². The van der Waals surface area contributed by atoms with E-state index in [-0.39, 0.29) is 0 Å². The molecule has 2 heteroatoms. The minimum Gasteiger partial charge on any atom is -0.127 e. The van der Waals surface area contributed by atoms with E-state index in [4.69, 9.17) is 0 Å². The van der Waals surface area contributed by atoms with Crippen molar-refractivity contribution in [2.24, 2.45) is 0 Å². The van der Waals surface area contributed by atoms with Gasteiger partial charge in [0.25, 0.3) is 0 Å². The summed E-state index contributed by atoms with van der Waals surface area (Å²) < 4.78 is 0. The van der Waals surface area contributed by atoms with Crippen molar-refractivity contribution < 1.29 is 0 Å². The van der Waals surface area contributed by atoms with Gasteiger partial charge < -0.3 is 0 Å². The van der Waals surface area contributed by atoms with Crippen LogP contribution < -0.4 is 0 Å². The normalized spacial score (nSPS) is 11.6. The molecule has 0 unspecified atom stereocenters. The maximum absolute atomic E-state index is 3.60. The second-order valence-corrected chi connectivity index (χ2v) is 19.9. The molecule has 158 valence electrons. The first-order valence-electron chi connectivity index (χ1n) is 11.2. The Morgan fingerprint density at radius 2 is 0.844 bits per heavy atom. The van der Waals surface area contributed by atoms with Crippen molar-refractivity contribution in [1.29, 1.82) is 0 Å². The summed E-state index contributed by atoms with van der Waals surface area (Å²) in [6.07, 6.45) is 0. The quantitative estimate of drug-likeness (QED) is 0.204. The molecule has 0 aliphatic carbocycles. The predicted octanol–water partition coefficient (Wildman–Crippen LogP) is 8.12. The van der Waals surface area contributed by atoms with Gasteiger partial charge in [-0.25, -0.2) is 0 Å². The van der Waals surface area contributed by atoms with E-state index in [0.717, 1.165) is 11.1 Å². The summed E-state index contributed by atoms with van der Waals surface area (Å²) in [5, 5.41) is 4.95. The molecule has 0 aliphatic heterocycles. The molecule has 0 aromatic heterocycles. The van der Waals surface area contributed by atoms with Gasteiger partial charge in [0, 0.05) is 22.3 Å². The molecule has 0 aliphatic rings. The van der Waals surface area contributed by atoms with Crippen LogP contribution in [0.4, 0.5) is 0 Å². The van der Waals surface area contributed by atoms with Crippen LogP contribution in [0.25, 0.3) is 32.7 Å². The Bertz CT molecular complexity index is 1330. The van der Waals surface area contributed by atoms with E-state index in [9.17, 15) is 0 Å². The first-order valence-corrected chi connectivity index (χ1v) is 18.2. The molecule has 4 aromatic rings. The van der Waals surface area contributed by atoms with Crippen LogP contribution in [-0.2, 0) is 0 Å². The molecule has 0 N–H and O–H groups in total. The van der Waals surface area contributed by atoms with Crippen LogP contribution >= 0.6 is 0 Å². The predicted molar refractivity (Wildman–Crippen MR) is 147 cm³/mol. The highest BCUT2D eigenvalue weighted by Crippen LogP contribution is 2.38. The average Bonchev–Trinajstić information content (AvgIpc) is 2.74. The van der Waals surface area contributed by atoms with E-state index < -0.39 is 16.1 Å². The first kappa shape index (κ1) is 22.2. The Morgan fingerprint density at radius 3 is 1.22 bits per heavy atom. The molecule has 0 spiro atoms. The van der Waals surface area contributed by atoms with E-state index in [0.29, 0.717) is 0 Å². The largest absolute Gasteiger partial charge is 0.129 e. The Labute approximate surface area is 194 Å². The Morgan fingerprint density at radius 1 is 0.469 bits per heavy atom. The van der Waals surface area contributed by atoms with E-state index in [1.165, 1.54) is 32.7 Å². The Balaban J connectivity index is 2.17. The topological polar surface area (TPSA) is 0 Å². The van der Waals surface area contributed by atoms with Crippen LogP contribution in [0.1, 0.15) is 11.1 Å². The minimum absolute atomic E-state index is 1.10. The van der Waals surface area contributed by atoms with E-state index >= 15 is 0 Å². The summed E-state index contributed by atoms with van der Waals surface area (Å²) in [6, 6.07) is 26.1. The summed E-state index contributed by atoms with van der Waals surface area (Å²) in [5.41, 5.74) is 11.8. The van der Waals surface area contributed by atoms with Crippen molar-refractivity contribution in [1.82, 2.24) is 0 Å². The molecule has 0 radical (unpaired) electrons. The number of rotatable bonds is 1. The molecule has 0 atom stereocenters.